The van der Waals surface area contributed by atoms with Crippen molar-refractivity contribution in [1.82, 2.24) is 15.1 Å². The summed E-state index contributed by atoms with van der Waals surface area (Å²) in [6, 6.07) is 11.9. The zero-order valence-corrected chi connectivity index (χ0v) is 14.2. The molecule has 0 radical (unpaired) electrons. The van der Waals surface area contributed by atoms with Crippen LogP contribution in [0.15, 0.2) is 42.6 Å². The number of carbonyl (C=O) groups excluding carboxylic acids is 1. The van der Waals surface area contributed by atoms with Gasteiger partial charge in [-0.1, -0.05) is 18.2 Å². The van der Waals surface area contributed by atoms with E-state index in [2.05, 4.69) is 15.1 Å². The normalized spacial score (nSPS) is 20.4. The Labute approximate surface area is 147 Å². The number of nitrogens with zero attached hydrogens (tertiary/aromatic N) is 4. The summed E-state index contributed by atoms with van der Waals surface area (Å²) in [5.74, 6) is 1.91. The fraction of sp³-hybridized carbons (Fsp3) is 0.421. The van der Waals surface area contributed by atoms with Crippen molar-refractivity contribution >= 4 is 11.7 Å². The molecule has 1 fully saturated rings. The Morgan fingerprint density at radius 3 is 2.88 bits per heavy atom. The van der Waals surface area contributed by atoms with Crippen molar-refractivity contribution in [2.75, 3.05) is 37.7 Å². The molecule has 1 atom stereocenters. The number of hydrogen-bond donors (Lipinski definition) is 0. The number of aromatic nitrogens is 2. The largest absolute Gasteiger partial charge is 0.492 e. The fourth-order valence-corrected chi connectivity index (χ4v) is 3.57. The molecule has 1 aromatic carbocycles. The topological polar surface area (TPSA) is 58.6 Å². The molecule has 130 valence electrons. The lowest BCUT2D eigenvalue weighted by Crippen LogP contribution is -2.42. The first-order chi connectivity index (χ1) is 12.3. The highest BCUT2D eigenvalue weighted by Gasteiger charge is 2.30. The van der Waals surface area contributed by atoms with E-state index < -0.39 is 0 Å². The van der Waals surface area contributed by atoms with E-state index >= 15 is 0 Å². The van der Waals surface area contributed by atoms with Crippen LogP contribution in [0.25, 0.3) is 0 Å². The molecule has 0 N–H and O–H groups in total. The van der Waals surface area contributed by atoms with E-state index in [-0.39, 0.29) is 11.8 Å². The first-order valence-corrected chi connectivity index (χ1v) is 8.83. The maximum Gasteiger partial charge on any atom is 0.229 e. The molecule has 25 heavy (non-hydrogen) atoms. The van der Waals surface area contributed by atoms with E-state index in [1.165, 1.54) is 0 Å². The number of carbonyl (C=O) groups is 1. The summed E-state index contributed by atoms with van der Waals surface area (Å²) in [7, 11) is 0. The number of para-hydroxylation sites is 1. The molecule has 2 aromatic rings. The first kappa shape index (κ1) is 15.9. The highest BCUT2D eigenvalue weighted by molar-refractivity contribution is 5.80. The molecule has 6 nitrogen and oxygen atoms in total. The van der Waals surface area contributed by atoms with E-state index in [0.29, 0.717) is 13.2 Å². The van der Waals surface area contributed by atoms with Crippen molar-refractivity contribution in [2.24, 2.45) is 5.92 Å². The molecule has 1 unspecified atom stereocenters. The van der Waals surface area contributed by atoms with Gasteiger partial charge in [0.1, 0.15) is 12.4 Å². The van der Waals surface area contributed by atoms with Crippen LogP contribution in [0.5, 0.6) is 5.75 Å². The standard InChI is InChI=1S/C19H22N4O2/c24-19(16-13-15-5-1-2-6-17(15)25-14-16)23-10-4-9-22(11-12-23)18-7-3-8-20-21-18/h1-3,5-8,16H,4,9-14H2. The van der Waals surface area contributed by atoms with Gasteiger partial charge >= 0.3 is 0 Å². The molecule has 6 heteroatoms. The second kappa shape index (κ2) is 7.09. The molecule has 0 spiro atoms. The summed E-state index contributed by atoms with van der Waals surface area (Å²) in [4.78, 5) is 17.1. The van der Waals surface area contributed by atoms with E-state index in [9.17, 15) is 4.79 Å². The molecule has 4 rings (SSSR count). The Hall–Kier alpha value is -2.63. The summed E-state index contributed by atoms with van der Waals surface area (Å²) in [6.07, 6.45) is 3.38. The molecule has 0 aliphatic carbocycles. The number of anilines is 1. The SMILES string of the molecule is O=C(C1COc2ccccc2C1)N1CCCN(c2cccnn2)CC1. The van der Waals surface area contributed by atoms with Crippen molar-refractivity contribution in [3.05, 3.63) is 48.2 Å². The zero-order valence-electron chi connectivity index (χ0n) is 14.2. The molecule has 2 aliphatic heterocycles. The monoisotopic (exact) mass is 338 g/mol. The molecule has 0 saturated carbocycles. The van der Waals surface area contributed by atoms with Gasteiger partial charge in [0.25, 0.3) is 0 Å². The average Bonchev–Trinajstić information content (AvgIpc) is 2.94. The minimum absolute atomic E-state index is 0.0852. The minimum Gasteiger partial charge on any atom is -0.492 e. The molecular formula is C19H22N4O2. The molecule has 0 bridgehead atoms. The fourth-order valence-electron chi connectivity index (χ4n) is 3.57. The van der Waals surface area contributed by atoms with Gasteiger partial charge < -0.3 is 14.5 Å². The quantitative estimate of drug-likeness (QED) is 0.835. The lowest BCUT2D eigenvalue weighted by Gasteiger charge is -2.29. The second-order valence-corrected chi connectivity index (χ2v) is 6.57. The highest BCUT2D eigenvalue weighted by atomic mass is 16.5. The Kier molecular flexibility index (Phi) is 4.50. The summed E-state index contributed by atoms with van der Waals surface area (Å²) in [5, 5.41) is 8.13. The third-order valence-electron chi connectivity index (χ3n) is 4.92. The maximum absolute atomic E-state index is 13.0. The lowest BCUT2D eigenvalue weighted by atomic mass is 9.95. The van der Waals surface area contributed by atoms with Gasteiger partial charge in [-0.05, 0) is 36.6 Å². The number of benzene rings is 1. The molecule has 3 heterocycles. The van der Waals surface area contributed by atoms with Gasteiger partial charge in [0.15, 0.2) is 5.82 Å². The van der Waals surface area contributed by atoms with E-state index in [1.807, 2.05) is 41.3 Å². The van der Waals surface area contributed by atoms with Crippen LogP contribution < -0.4 is 9.64 Å². The van der Waals surface area contributed by atoms with Crippen LogP contribution in [0.2, 0.25) is 0 Å². The van der Waals surface area contributed by atoms with Gasteiger partial charge in [-0.25, -0.2) is 0 Å². The number of rotatable bonds is 2. The van der Waals surface area contributed by atoms with Crippen molar-refractivity contribution < 1.29 is 9.53 Å². The van der Waals surface area contributed by atoms with Crippen LogP contribution in [0, 0.1) is 5.92 Å². The van der Waals surface area contributed by atoms with Gasteiger partial charge in [-0.2, -0.15) is 5.10 Å². The minimum atomic E-state index is -0.0852. The molecule has 1 saturated heterocycles. The van der Waals surface area contributed by atoms with Crippen molar-refractivity contribution in [3.8, 4) is 5.75 Å². The first-order valence-electron chi connectivity index (χ1n) is 8.83. The Morgan fingerprint density at radius 2 is 2.00 bits per heavy atom. The molecule has 1 amide bonds. The van der Waals surface area contributed by atoms with Crippen molar-refractivity contribution in [1.29, 1.82) is 0 Å². The predicted octanol–water partition coefficient (Wildman–Crippen LogP) is 1.77. The van der Waals surface area contributed by atoms with Crippen LogP contribution in [0.3, 0.4) is 0 Å². The number of ether oxygens (including phenoxy) is 1. The Morgan fingerprint density at radius 1 is 1.08 bits per heavy atom. The predicted molar refractivity (Wildman–Crippen MR) is 94.6 cm³/mol. The number of amides is 1. The average molecular weight is 338 g/mol. The summed E-state index contributed by atoms with van der Waals surface area (Å²) in [5.41, 5.74) is 1.13. The third kappa shape index (κ3) is 3.43. The van der Waals surface area contributed by atoms with Gasteiger partial charge in [0, 0.05) is 32.4 Å². The van der Waals surface area contributed by atoms with E-state index in [0.717, 1.165) is 49.6 Å². The van der Waals surface area contributed by atoms with Gasteiger partial charge in [-0.15, -0.1) is 5.10 Å². The van der Waals surface area contributed by atoms with Gasteiger partial charge in [0.05, 0.1) is 5.92 Å². The van der Waals surface area contributed by atoms with E-state index in [1.54, 1.807) is 6.20 Å². The highest BCUT2D eigenvalue weighted by Crippen LogP contribution is 2.28. The molecule has 2 aliphatic rings. The van der Waals surface area contributed by atoms with Crippen LogP contribution >= 0.6 is 0 Å². The van der Waals surface area contributed by atoms with Crippen LogP contribution in [0.4, 0.5) is 5.82 Å². The molecular weight excluding hydrogens is 316 g/mol. The maximum atomic E-state index is 13.0. The van der Waals surface area contributed by atoms with Crippen LogP contribution in [-0.4, -0.2) is 53.8 Å². The lowest BCUT2D eigenvalue weighted by molar-refractivity contribution is -0.136. The zero-order chi connectivity index (χ0) is 17.1. The van der Waals surface area contributed by atoms with Gasteiger partial charge in [-0.3, -0.25) is 4.79 Å². The van der Waals surface area contributed by atoms with Crippen LogP contribution in [0.1, 0.15) is 12.0 Å². The van der Waals surface area contributed by atoms with E-state index in [4.69, 9.17) is 4.74 Å². The number of fused-ring (bicyclic) bond motifs is 1. The second-order valence-electron chi connectivity index (χ2n) is 6.57. The van der Waals surface area contributed by atoms with Crippen molar-refractivity contribution in [2.45, 2.75) is 12.8 Å². The third-order valence-corrected chi connectivity index (χ3v) is 4.92. The Bertz CT molecular complexity index is 737. The Balaban J connectivity index is 1.40. The molecule has 1 aromatic heterocycles. The van der Waals surface area contributed by atoms with Crippen LogP contribution in [-0.2, 0) is 11.2 Å². The summed E-state index contributed by atoms with van der Waals surface area (Å²) >= 11 is 0. The van der Waals surface area contributed by atoms with Gasteiger partial charge in [0.2, 0.25) is 5.91 Å². The van der Waals surface area contributed by atoms with Crippen molar-refractivity contribution in [3.63, 3.8) is 0 Å². The summed E-state index contributed by atoms with van der Waals surface area (Å²) < 4.78 is 5.79. The smallest absolute Gasteiger partial charge is 0.229 e. The number of hydrogen-bond acceptors (Lipinski definition) is 5. The summed E-state index contributed by atoms with van der Waals surface area (Å²) in [6.45, 7) is 3.66.